The SMILES string of the molecule is O=S(=O)(C[C@H]1CSc2nc3ccccc3n21)c1ccc2ccccc2c1. The van der Waals surface area contributed by atoms with Gasteiger partial charge in [0.2, 0.25) is 0 Å². The normalized spacial score (nSPS) is 17.0. The third-order valence-electron chi connectivity index (χ3n) is 4.83. The zero-order valence-corrected chi connectivity index (χ0v) is 15.5. The molecule has 1 aliphatic heterocycles. The Morgan fingerprint density at radius 2 is 1.77 bits per heavy atom. The Morgan fingerprint density at radius 3 is 2.65 bits per heavy atom. The summed E-state index contributed by atoms with van der Waals surface area (Å²) >= 11 is 1.63. The number of hydrogen-bond acceptors (Lipinski definition) is 4. The largest absolute Gasteiger partial charge is 0.314 e. The average molecular weight is 380 g/mol. The molecule has 0 amide bonds. The molecule has 0 spiro atoms. The zero-order valence-electron chi connectivity index (χ0n) is 13.9. The molecular weight excluding hydrogens is 364 g/mol. The summed E-state index contributed by atoms with van der Waals surface area (Å²) in [5.74, 6) is 0.825. The molecule has 130 valence electrons. The summed E-state index contributed by atoms with van der Waals surface area (Å²) in [5.41, 5.74) is 1.93. The summed E-state index contributed by atoms with van der Waals surface area (Å²) in [5, 5.41) is 2.90. The van der Waals surface area contributed by atoms with Crippen molar-refractivity contribution in [3.63, 3.8) is 0 Å². The van der Waals surface area contributed by atoms with Crippen LogP contribution in [0.15, 0.2) is 76.8 Å². The Hall–Kier alpha value is -2.31. The summed E-state index contributed by atoms with van der Waals surface area (Å²) in [6, 6.07) is 21.0. The highest BCUT2D eigenvalue weighted by Crippen LogP contribution is 2.38. The first-order chi connectivity index (χ1) is 12.6. The van der Waals surface area contributed by atoms with Crippen LogP contribution in [0.3, 0.4) is 0 Å². The van der Waals surface area contributed by atoms with Gasteiger partial charge in [0.25, 0.3) is 0 Å². The van der Waals surface area contributed by atoms with Crippen molar-refractivity contribution in [1.29, 1.82) is 0 Å². The highest BCUT2D eigenvalue weighted by molar-refractivity contribution is 7.99. The fraction of sp³-hybridized carbons (Fsp3) is 0.150. The van der Waals surface area contributed by atoms with Crippen LogP contribution in [0.4, 0.5) is 0 Å². The molecule has 0 unspecified atom stereocenters. The summed E-state index contributed by atoms with van der Waals surface area (Å²) in [4.78, 5) is 5.01. The Labute approximate surface area is 155 Å². The molecule has 0 N–H and O–H groups in total. The van der Waals surface area contributed by atoms with Gasteiger partial charge in [-0.15, -0.1) is 0 Å². The molecule has 2 heterocycles. The fourth-order valence-electron chi connectivity index (χ4n) is 3.56. The lowest BCUT2D eigenvalue weighted by Crippen LogP contribution is -2.19. The molecule has 0 bridgehead atoms. The van der Waals surface area contributed by atoms with E-state index in [0.29, 0.717) is 4.90 Å². The molecule has 5 rings (SSSR count). The van der Waals surface area contributed by atoms with Gasteiger partial charge in [-0.3, -0.25) is 0 Å². The van der Waals surface area contributed by atoms with E-state index in [1.165, 1.54) is 0 Å². The molecule has 4 nitrogen and oxygen atoms in total. The Morgan fingerprint density at radius 1 is 1.00 bits per heavy atom. The highest BCUT2D eigenvalue weighted by Gasteiger charge is 2.31. The van der Waals surface area contributed by atoms with Crippen LogP contribution >= 0.6 is 11.8 Å². The van der Waals surface area contributed by atoms with Gasteiger partial charge in [0.05, 0.1) is 27.7 Å². The molecule has 1 aromatic heterocycles. The Kier molecular flexibility index (Phi) is 3.58. The molecule has 26 heavy (non-hydrogen) atoms. The standard InChI is InChI=1S/C20H16N2O2S2/c23-26(24,17-10-9-14-5-1-2-6-15(14)11-17)13-16-12-25-20-21-18-7-3-4-8-19(18)22(16)20/h1-11,16H,12-13H2/t16-/m1/s1. The number of benzene rings is 3. The van der Waals surface area contributed by atoms with Gasteiger partial charge in [-0.2, -0.15) is 0 Å². The maximum atomic E-state index is 13.1. The summed E-state index contributed by atoms with van der Waals surface area (Å²) in [6.45, 7) is 0. The molecule has 1 atom stereocenters. The lowest BCUT2D eigenvalue weighted by Gasteiger charge is -2.14. The van der Waals surface area contributed by atoms with E-state index >= 15 is 0 Å². The van der Waals surface area contributed by atoms with Crippen molar-refractivity contribution in [3.8, 4) is 0 Å². The first kappa shape index (κ1) is 15.9. The number of aromatic nitrogens is 2. The van der Waals surface area contributed by atoms with Gasteiger partial charge >= 0.3 is 0 Å². The van der Waals surface area contributed by atoms with Gasteiger partial charge < -0.3 is 4.57 Å². The van der Waals surface area contributed by atoms with Gasteiger partial charge in [-0.05, 0) is 35.0 Å². The first-order valence-corrected chi connectivity index (χ1v) is 11.1. The minimum Gasteiger partial charge on any atom is -0.314 e. The van der Waals surface area contributed by atoms with E-state index in [1.54, 1.807) is 23.9 Å². The van der Waals surface area contributed by atoms with Crippen molar-refractivity contribution in [2.45, 2.75) is 16.1 Å². The number of fused-ring (bicyclic) bond motifs is 4. The van der Waals surface area contributed by atoms with E-state index in [4.69, 9.17) is 0 Å². The van der Waals surface area contributed by atoms with Crippen molar-refractivity contribution in [3.05, 3.63) is 66.7 Å². The third-order valence-corrected chi connectivity index (χ3v) is 7.72. The number of imidazole rings is 1. The lowest BCUT2D eigenvalue weighted by molar-refractivity contribution is 0.559. The molecule has 0 aliphatic carbocycles. The van der Waals surface area contributed by atoms with Gasteiger partial charge in [0, 0.05) is 5.75 Å². The third kappa shape index (κ3) is 2.52. The topological polar surface area (TPSA) is 52.0 Å². The first-order valence-electron chi connectivity index (χ1n) is 8.43. The Balaban J connectivity index is 1.53. The van der Waals surface area contributed by atoms with E-state index < -0.39 is 9.84 Å². The maximum absolute atomic E-state index is 13.1. The van der Waals surface area contributed by atoms with Crippen molar-refractivity contribution >= 4 is 43.4 Å². The molecule has 6 heteroatoms. The van der Waals surface area contributed by atoms with Crippen LogP contribution in [0.5, 0.6) is 0 Å². The minimum atomic E-state index is -3.39. The quantitative estimate of drug-likeness (QED) is 0.531. The van der Waals surface area contributed by atoms with Crippen LogP contribution in [0, 0.1) is 0 Å². The predicted octanol–water partition coefficient (Wildman–Crippen LogP) is 4.31. The second-order valence-electron chi connectivity index (χ2n) is 6.51. The van der Waals surface area contributed by atoms with E-state index in [0.717, 1.165) is 32.7 Å². The number of nitrogens with zero attached hydrogens (tertiary/aromatic N) is 2. The fourth-order valence-corrected chi connectivity index (χ4v) is 6.41. The second-order valence-corrected chi connectivity index (χ2v) is 9.53. The molecule has 0 radical (unpaired) electrons. The van der Waals surface area contributed by atoms with Crippen molar-refractivity contribution < 1.29 is 8.42 Å². The molecule has 0 saturated carbocycles. The second kappa shape index (κ2) is 5.86. The van der Waals surface area contributed by atoms with Gasteiger partial charge in [0.15, 0.2) is 15.0 Å². The van der Waals surface area contributed by atoms with E-state index in [1.807, 2.05) is 54.6 Å². The van der Waals surface area contributed by atoms with E-state index in [-0.39, 0.29) is 11.8 Å². The zero-order chi connectivity index (χ0) is 17.7. The minimum absolute atomic E-state index is 0.0890. The van der Waals surface area contributed by atoms with Crippen molar-refractivity contribution in [2.75, 3.05) is 11.5 Å². The highest BCUT2D eigenvalue weighted by atomic mass is 32.2. The van der Waals surface area contributed by atoms with Gasteiger partial charge in [0.1, 0.15) is 0 Å². The van der Waals surface area contributed by atoms with Gasteiger partial charge in [-0.25, -0.2) is 13.4 Å². The molecule has 1 aliphatic rings. The summed E-state index contributed by atoms with van der Waals surface area (Å²) in [7, 11) is -3.39. The predicted molar refractivity (Wildman–Crippen MR) is 105 cm³/mol. The molecule has 0 saturated heterocycles. The smallest absolute Gasteiger partial charge is 0.180 e. The monoisotopic (exact) mass is 380 g/mol. The van der Waals surface area contributed by atoms with Crippen molar-refractivity contribution in [2.24, 2.45) is 0 Å². The number of sulfone groups is 1. The number of hydrogen-bond donors (Lipinski definition) is 0. The molecule has 0 fully saturated rings. The van der Waals surface area contributed by atoms with Crippen LogP contribution in [-0.2, 0) is 9.84 Å². The number of thioether (sulfide) groups is 1. The summed E-state index contributed by atoms with van der Waals surface area (Å²) < 4.78 is 28.2. The van der Waals surface area contributed by atoms with Crippen LogP contribution in [-0.4, -0.2) is 29.5 Å². The Bertz CT molecular complexity index is 1250. The summed E-state index contributed by atoms with van der Waals surface area (Å²) in [6.07, 6.45) is 0. The van der Waals surface area contributed by atoms with Crippen LogP contribution in [0.2, 0.25) is 0 Å². The van der Waals surface area contributed by atoms with Gasteiger partial charge in [-0.1, -0.05) is 54.2 Å². The maximum Gasteiger partial charge on any atom is 0.180 e. The number of rotatable bonds is 3. The molecular formula is C20H16N2O2S2. The van der Waals surface area contributed by atoms with E-state index in [2.05, 4.69) is 9.55 Å². The van der Waals surface area contributed by atoms with E-state index in [9.17, 15) is 8.42 Å². The average Bonchev–Trinajstić information content (AvgIpc) is 3.21. The lowest BCUT2D eigenvalue weighted by atomic mass is 10.1. The molecule has 3 aromatic carbocycles. The number of para-hydroxylation sites is 2. The molecule has 4 aromatic rings. The van der Waals surface area contributed by atoms with Crippen LogP contribution < -0.4 is 0 Å². The van der Waals surface area contributed by atoms with Crippen LogP contribution in [0.1, 0.15) is 6.04 Å². The van der Waals surface area contributed by atoms with Crippen molar-refractivity contribution in [1.82, 2.24) is 9.55 Å². The van der Waals surface area contributed by atoms with Crippen LogP contribution in [0.25, 0.3) is 21.8 Å².